The minimum absolute atomic E-state index is 0.0494. The molecule has 0 radical (unpaired) electrons. The van der Waals surface area contributed by atoms with E-state index in [9.17, 15) is 15.3 Å². The molecule has 0 aliphatic rings. The van der Waals surface area contributed by atoms with Gasteiger partial charge in [0.1, 0.15) is 24.1 Å². The van der Waals surface area contributed by atoms with Crippen LogP contribution in [0.3, 0.4) is 0 Å². The summed E-state index contributed by atoms with van der Waals surface area (Å²) in [5, 5.41) is 38.1. The van der Waals surface area contributed by atoms with E-state index in [1.165, 1.54) is 12.1 Å². The van der Waals surface area contributed by atoms with Crippen LogP contribution in [0, 0.1) is 0 Å². The largest absolute Gasteiger partial charge is 0.394 e. The molecule has 0 saturated carbocycles. The molecule has 6 nitrogen and oxygen atoms in total. The zero-order valence-electron chi connectivity index (χ0n) is 9.59. The second-order valence-electron chi connectivity index (χ2n) is 4.09. The predicted octanol–water partition coefficient (Wildman–Crippen LogP) is 0.617. The van der Waals surface area contributed by atoms with Crippen molar-refractivity contribution in [3.63, 3.8) is 0 Å². The van der Waals surface area contributed by atoms with Crippen LogP contribution in [0.15, 0.2) is 12.1 Å². The molecule has 0 amide bonds. The number of nitrogens with zero attached hydrogens (tertiary/aromatic N) is 1. The number of aliphatic hydroxyl groups is 4. The molecule has 0 saturated heterocycles. The Morgan fingerprint density at radius 3 is 2.42 bits per heavy atom. The van der Waals surface area contributed by atoms with Crippen LogP contribution in [-0.4, -0.2) is 49.2 Å². The molecule has 0 bridgehead atoms. The van der Waals surface area contributed by atoms with Crippen LogP contribution in [0.5, 0.6) is 0 Å². The average molecular weight is 307 g/mol. The Bertz CT molecular complexity index is 550. The number of hydrogen-bond acceptors (Lipinski definition) is 5. The standard InChI is InChI=1S/C11H12Cl2N2O4/c12-4-1-6-7(2-5(4)13)15-11(14-6)10(19)9(18)8(17)3-16/h1-2,8-10,16-19H,3H2,(H,14,15)/t8-,9+,10-/m1/s1. The number of aromatic amines is 1. The molecule has 104 valence electrons. The summed E-state index contributed by atoms with van der Waals surface area (Å²) < 4.78 is 0. The molecule has 1 aromatic carbocycles. The average Bonchev–Trinajstić information content (AvgIpc) is 2.79. The van der Waals surface area contributed by atoms with Gasteiger partial charge >= 0.3 is 0 Å². The highest BCUT2D eigenvalue weighted by molar-refractivity contribution is 6.42. The molecule has 19 heavy (non-hydrogen) atoms. The third kappa shape index (κ3) is 2.84. The smallest absolute Gasteiger partial charge is 0.140 e. The molecule has 5 N–H and O–H groups in total. The van der Waals surface area contributed by atoms with Crippen molar-refractivity contribution in [1.82, 2.24) is 9.97 Å². The maximum Gasteiger partial charge on any atom is 0.140 e. The third-order valence-corrected chi connectivity index (χ3v) is 3.45. The van der Waals surface area contributed by atoms with Crippen molar-refractivity contribution in [2.45, 2.75) is 18.3 Å². The van der Waals surface area contributed by atoms with Crippen molar-refractivity contribution in [2.24, 2.45) is 0 Å². The third-order valence-electron chi connectivity index (χ3n) is 2.73. The van der Waals surface area contributed by atoms with E-state index in [4.69, 9.17) is 28.3 Å². The fourth-order valence-electron chi connectivity index (χ4n) is 1.64. The van der Waals surface area contributed by atoms with Crippen LogP contribution in [0.4, 0.5) is 0 Å². The van der Waals surface area contributed by atoms with Crippen LogP contribution in [0.1, 0.15) is 11.9 Å². The first kappa shape index (κ1) is 14.5. The quantitative estimate of drug-likeness (QED) is 0.569. The normalized spacial score (nSPS) is 16.5. The lowest BCUT2D eigenvalue weighted by molar-refractivity contribution is -0.0800. The Balaban J connectivity index is 2.35. The number of nitrogens with one attached hydrogen (secondary N) is 1. The second kappa shape index (κ2) is 5.62. The van der Waals surface area contributed by atoms with Crippen LogP contribution in [-0.2, 0) is 0 Å². The van der Waals surface area contributed by atoms with E-state index in [2.05, 4.69) is 9.97 Å². The molecule has 0 aliphatic carbocycles. The molecule has 2 rings (SSSR count). The van der Waals surface area contributed by atoms with Gasteiger partial charge in [-0.25, -0.2) is 4.98 Å². The lowest BCUT2D eigenvalue weighted by Crippen LogP contribution is -2.35. The summed E-state index contributed by atoms with van der Waals surface area (Å²) in [6.07, 6.45) is -4.49. The zero-order valence-corrected chi connectivity index (χ0v) is 11.1. The van der Waals surface area contributed by atoms with Gasteiger partial charge in [-0.15, -0.1) is 0 Å². The van der Waals surface area contributed by atoms with Gasteiger partial charge in [-0.1, -0.05) is 23.2 Å². The highest BCUT2D eigenvalue weighted by Crippen LogP contribution is 2.28. The van der Waals surface area contributed by atoms with E-state index in [1.807, 2.05) is 0 Å². The van der Waals surface area contributed by atoms with Crippen molar-refractivity contribution >= 4 is 34.2 Å². The monoisotopic (exact) mass is 306 g/mol. The van der Waals surface area contributed by atoms with Gasteiger partial charge in [0.2, 0.25) is 0 Å². The molecule has 1 aromatic heterocycles. The number of benzene rings is 1. The maximum atomic E-state index is 9.85. The summed E-state index contributed by atoms with van der Waals surface area (Å²) in [6, 6.07) is 3.05. The summed E-state index contributed by atoms with van der Waals surface area (Å²) in [7, 11) is 0. The first-order chi connectivity index (χ1) is 8.93. The fraction of sp³-hybridized carbons (Fsp3) is 0.364. The SMILES string of the molecule is OC[C@@H](O)[C@H](O)[C@@H](O)c1nc2cc(Cl)c(Cl)cc2[nH]1. The maximum absolute atomic E-state index is 9.85. The van der Waals surface area contributed by atoms with Crippen molar-refractivity contribution in [2.75, 3.05) is 6.61 Å². The second-order valence-corrected chi connectivity index (χ2v) is 4.91. The van der Waals surface area contributed by atoms with Gasteiger partial charge in [0.15, 0.2) is 0 Å². The van der Waals surface area contributed by atoms with E-state index < -0.39 is 24.9 Å². The fourth-order valence-corrected chi connectivity index (χ4v) is 1.97. The van der Waals surface area contributed by atoms with Gasteiger partial charge in [-0.05, 0) is 12.1 Å². The highest BCUT2D eigenvalue weighted by Gasteiger charge is 2.27. The molecule has 8 heteroatoms. The topological polar surface area (TPSA) is 110 Å². The van der Waals surface area contributed by atoms with Gasteiger partial charge in [0, 0.05) is 0 Å². The molecule has 3 atom stereocenters. The van der Waals surface area contributed by atoms with Gasteiger partial charge in [-0.2, -0.15) is 0 Å². The first-order valence-electron chi connectivity index (χ1n) is 5.43. The Labute approximate surface area is 118 Å². The van der Waals surface area contributed by atoms with Crippen LogP contribution in [0.2, 0.25) is 10.0 Å². The van der Waals surface area contributed by atoms with Crippen molar-refractivity contribution in [3.8, 4) is 0 Å². The highest BCUT2D eigenvalue weighted by atomic mass is 35.5. The van der Waals surface area contributed by atoms with Gasteiger partial charge < -0.3 is 25.4 Å². The van der Waals surface area contributed by atoms with Crippen LogP contribution < -0.4 is 0 Å². The minimum atomic E-state index is -1.56. The zero-order chi connectivity index (χ0) is 14.2. The van der Waals surface area contributed by atoms with Gasteiger partial charge in [0.05, 0.1) is 27.7 Å². The number of imidazole rings is 1. The molecule has 2 aromatic rings. The minimum Gasteiger partial charge on any atom is -0.394 e. The predicted molar refractivity (Wildman–Crippen MR) is 70.2 cm³/mol. The number of aromatic nitrogens is 2. The Morgan fingerprint density at radius 2 is 1.79 bits per heavy atom. The summed E-state index contributed by atoms with van der Waals surface area (Å²) in [5.41, 5.74) is 1.00. The molecule has 0 spiro atoms. The number of halogens is 2. The number of aliphatic hydroxyl groups excluding tert-OH is 4. The molecule has 0 aliphatic heterocycles. The lowest BCUT2D eigenvalue weighted by atomic mass is 10.1. The van der Waals surface area contributed by atoms with Crippen molar-refractivity contribution in [3.05, 3.63) is 28.0 Å². The van der Waals surface area contributed by atoms with Crippen molar-refractivity contribution in [1.29, 1.82) is 0 Å². The molecule has 0 fully saturated rings. The Morgan fingerprint density at radius 1 is 1.16 bits per heavy atom. The summed E-state index contributed by atoms with van der Waals surface area (Å²) in [5.74, 6) is 0.0494. The lowest BCUT2D eigenvalue weighted by Gasteiger charge is -2.19. The number of H-pyrrole nitrogens is 1. The van der Waals surface area contributed by atoms with E-state index in [0.717, 1.165) is 0 Å². The van der Waals surface area contributed by atoms with E-state index in [0.29, 0.717) is 21.1 Å². The van der Waals surface area contributed by atoms with E-state index in [1.54, 1.807) is 0 Å². The Kier molecular flexibility index (Phi) is 4.29. The van der Waals surface area contributed by atoms with Crippen LogP contribution >= 0.6 is 23.2 Å². The molecule has 0 unspecified atom stereocenters. The number of rotatable bonds is 4. The van der Waals surface area contributed by atoms with Gasteiger partial charge in [0.25, 0.3) is 0 Å². The summed E-state index contributed by atoms with van der Waals surface area (Å²) in [4.78, 5) is 6.82. The van der Waals surface area contributed by atoms with Gasteiger partial charge in [-0.3, -0.25) is 0 Å². The molecular weight excluding hydrogens is 295 g/mol. The van der Waals surface area contributed by atoms with E-state index >= 15 is 0 Å². The van der Waals surface area contributed by atoms with Crippen molar-refractivity contribution < 1.29 is 20.4 Å². The summed E-state index contributed by atoms with van der Waals surface area (Å²) in [6.45, 7) is -0.671. The molecular formula is C11H12Cl2N2O4. The van der Waals surface area contributed by atoms with Crippen LogP contribution in [0.25, 0.3) is 11.0 Å². The first-order valence-corrected chi connectivity index (χ1v) is 6.19. The van der Waals surface area contributed by atoms with E-state index in [-0.39, 0.29) is 5.82 Å². The Hall–Kier alpha value is -0.890. The summed E-state index contributed by atoms with van der Waals surface area (Å²) >= 11 is 11.7. The number of hydrogen-bond donors (Lipinski definition) is 5. The number of fused-ring (bicyclic) bond motifs is 1. The molecule has 1 heterocycles.